The SMILES string of the molecule is O=C(O)CNC(=O)c1cc(Oc2cccc(N3CCOCC3)c2)c([N+](=O)[O-])cc1[N+](=O)[O-]. The number of carboxylic acid groups (broad SMARTS) is 1. The molecular formula is C19H18N4O9. The van der Waals surface area contributed by atoms with E-state index in [1.54, 1.807) is 18.2 Å². The van der Waals surface area contributed by atoms with Crippen molar-refractivity contribution >= 4 is 28.9 Å². The van der Waals surface area contributed by atoms with Crippen LogP contribution in [0.4, 0.5) is 17.1 Å². The molecule has 3 rings (SSSR count). The molecule has 1 saturated heterocycles. The zero-order valence-corrected chi connectivity index (χ0v) is 16.6. The summed E-state index contributed by atoms with van der Waals surface area (Å²) in [5, 5.41) is 33.6. The van der Waals surface area contributed by atoms with Gasteiger partial charge in [0.15, 0.2) is 0 Å². The number of nitrogens with zero attached hydrogens (tertiary/aromatic N) is 3. The maximum Gasteiger partial charge on any atom is 0.322 e. The molecule has 1 heterocycles. The van der Waals surface area contributed by atoms with Crippen LogP contribution in [0.5, 0.6) is 11.5 Å². The second-order valence-electron chi connectivity index (χ2n) is 6.63. The Hall–Kier alpha value is -4.26. The van der Waals surface area contributed by atoms with Crippen molar-refractivity contribution in [1.82, 2.24) is 5.32 Å². The number of ether oxygens (including phenoxy) is 2. The highest BCUT2D eigenvalue weighted by molar-refractivity contribution is 6.00. The molecule has 2 aromatic carbocycles. The van der Waals surface area contributed by atoms with Crippen molar-refractivity contribution < 1.29 is 34.0 Å². The molecule has 0 radical (unpaired) electrons. The average molecular weight is 446 g/mol. The van der Waals surface area contributed by atoms with Crippen LogP contribution >= 0.6 is 0 Å². The molecule has 2 N–H and O–H groups in total. The molecule has 0 saturated carbocycles. The number of carbonyl (C=O) groups excluding carboxylic acids is 1. The zero-order valence-electron chi connectivity index (χ0n) is 16.6. The van der Waals surface area contributed by atoms with Crippen LogP contribution in [0.25, 0.3) is 0 Å². The van der Waals surface area contributed by atoms with Crippen LogP contribution < -0.4 is 15.0 Å². The van der Waals surface area contributed by atoms with Gasteiger partial charge in [0.25, 0.3) is 11.6 Å². The van der Waals surface area contributed by atoms with E-state index in [1.807, 2.05) is 16.3 Å². The summed E-state index contributed by atoms with van der Waals surface area (Å²) in [6.07, 6.45) is 0. The van der Waals surface area contributed by atoms with E-state index in [2.05, 4.69) is 0 Å². The van der Waals surface area contributed by atoms with E-state index in [0.29, 0.717) is 32.4 Å². The van der Waals surface area contributed by atoms with Crippen molar-refractivity contribution in [2.24, 2.45) is 0 Å². The lowest BCUT2D eigenvalue weighted by atomic mass is 10.1. The molecular weight excluding hydrogens is 428 g/mol. The molecule has 32 heavy (non-hydrogen) atoms. The first-order valence-electron chi connectivity index (χ1n) is 9.33. The quantitative estimate of drug-likeness (QED) is 0.450. The maximum atomic E-state index is 12.3. The van der Waals surface area contributed by atoms with E-state index in [1.165, 1.54) is 0 Å². The van der Waals surface area contributed by atoms with Gasteiger partial charge in [0.2, 0.25) is 5.75 Å². The highest BCUT2D eigenvalue weighted by Gasteiger charge is 2.29. The summed E-state index contributed by atoms with van der Waals surface area (Å²) in [4.78, 5) is 46.0. The van der Waals surface area contributed by atoms with Gasteiger partial charge in [-0.15, -0.1) is 0 Å². The molecule has 168 valence electrons. The molecule has 1 fully saturated rings. The third kappa shape index (κ3) is 5.26. The van der Waals surface area contributed by atoms with Crippen LogP contribution in [0.2, 0.25) is 0 Å². The Morgan fingerprint density at radius 3 is 2.41 bits per heavy atom. The Labute approximate surface area is 180 Å². The third-order valence-corrected chi connectivity index (χ3v) is 4.54. The van der Waals surface area contributed by atoms with Gasteiger partial charge in [0.05, 0.1) is 29.1 Å². The molecule has 0 unspecified atom stereocenters. The van der Waals surface area contributed by atoms with Crippen LogP contribution in [0, 0.1) is 20.2 Å². The van der Waals surface area contributed by atoms with Crippen LogP contribution in [-0.4, -0.2) is 59.7 Å². The lowest BCUT2D eigenvalue weighted by molar-refractivity contribution is -0.394. The number of aliphatic carboxylic acids is 1. The first-order valence-corrected chi connectivity index (χ1v) is 9.33. The minimum absolute atomic E-state index is 0.211. The summed E-state index contributed by atoms with van der Waals surface area (Å²) in [6.45, 7) is 1.61. The van der Waals surface area contributed by atoms with Gasteiger partial charge in [-0.3, -0.25) is 29.8 Å². The minimum atomic E-state index is -1.36. The van der Waals surface area contributed by atoms with E-state index in [4.69, 9.17) is 14.6 Å². The van der Waals surface area contributed by atoms with Crippen LogP contribution in [-0.2, 0) is 9.53 Å². The van der Waals surface area contributed by atoms with Crippen LogP contribution in [0.1, 0.15) is 10.4 Å². The van der Waals surface area contributed by atoms with Gasteiger partial charge in [-0.2, -0.15) is 0 Å². The molecule has 0 aromatic heterocycles. The number of nitrogens with one attached hydrogen (secondary N) is 1. The largest absolute Gasteiger partial charge is 0.480 e. The Kier molecular flexibility index (Phi) is 6.80. The average Bonchev–Trinajstić information content (AvgIpc) is 2.77. The summed E-state index contributed by atoms with van der Waals surface area (Å²) >= 11 is 0. The fourth-order valence-electron chi connectivity index (χ4n) is 3.06. The molecule has 1 amide bonds. The zero-order chi connectivity index (χ0) is 23.3. The Morgan fingerprint density at radius 2 is 1.78 bits per heavy atom. The number of carboxylic acids is 1. The smallest absolute Gasteiger partial charge is 0.322 e. The van der Waals surface area contributed by atoms with Crippen molar-refractivity contribution in [2.45, 2.75) is 0 Å². The summed E-state index contributed by atoms with van der Waals surface area (Å²) in [7, 11) is 0. The monoisotopic (exact) mass is 446 g/mol. The van der Waals surface area contributed by atoms with Gasteiger partial charge in [-0.1, -0.05) is 6.07 Å². The van der Waals surface area contributed by atoms with Gasteiger partial charge in [-0.05, 0) is 12.1 Å². The fourth-order valence-corrected chi connectivity index (χ4v) is 3.06. The molecule has 2 aromatic rings. The number of carbonyl (C=O) groups is 2. The minimum Gasteiger partial charge on any atom is -0.480 e. The number of nitro benzene ring substituents is 2. The fraction of sp³-hybridized carbons (Fsp3) is 0.263. The van der Waals surface area contributed by atoms with Crippen molar-refractivity contribution in [2.75, 3.05) is 37.7 Å². The topological polar surface area (TPSA) is 174 Å². The van der Waals surface area contributed by atoms with Crippen LogP contribution in [0.15, 0.2) is 36.4 Å². The first kappa shape index (κ1) is 22.4. The second kappa shape index (κ2) is 9.70. The predicted molar refractivity (Wildman–Crippen MR) is 109 cm³/mol. The maximum absolute atomic E-state index is 12.3. The molecule has 0 spiro atoms. The van der Waals surface area contributed by atoms with E-state index in [-0.39, 0.29) is 5.75 Å². The van der Waals surface area contributed by atoms with Crippen molar-refractivity contribution in [3.05, 3.63) is 62.2 Å². The van der Waals surface area contributed by atoms with Gasteiger partial charge in [0.1, 0.15) is 17.9 Å². The van der Waals surface area contributed by atoms with E-state index in [0.717, 1.165) is 11.8 Å². The van der Waals surface area contributed by atoms with Crippen molar-refractivity contribution in [3.8, 4) is 11.5 Å². The van der Waals surface area contributed by atoms with Crippen molar-refractivity contribution in [1.29, 1.82) is 0 Å². The summed E-state index contributed by atoms with van der Waals surface area (Å²) in [6, 6.07) is 8.15. The second-order valence-corrected chi connectivity index (χ2v) is 6.63. The number of hydrogen-bond acceptors (Lipinski definition) is 9. The number of nitro groups is 2. The Balaban J connectivity index is 1.98. The number of anilines is 1. The number of rotatable bonds is 8. The van der Waals surface area contributed by atoms with E-state index < -0.39 is 51.0 Å². The lowest BCUT2D eigenvalue weighted by Gasteiger charge is -2.29. The summed E-state index contributed by atoms with van der Waals surface area (Å²) in [5.74, 6) is -2.64. The Morgan fingerprint density at radius 1 is 1.09 bits per heavy atom. The van der Waals surface area contributed by atoms with Crippen LogP contribution in [0.3, 0.4) is 0 Å². The van der Waals surface area contributed by atoms with Gasteiger partial charge in [-0.25, -0.2) is 0 Å². The number of benzene rings is 2. The molecule has 1 aliphatic heterocycles. The molecule has 13 nitrogen and oxygen atoms in total. The normalized spacial score (nSPS) is 13.3. The first-order chi connectivity index (χ1) is 15.3. The molecule has 13 heteroatoms. The summed E-state index contributed by atoms with van der Waals surface area (Å²) in [5.41, 5.74) is -1.35. The van der Waals surface area contributed by atoms with E-state index in [9.17, 15) is 29.8 Å². The lowest BCUT2D eigenvalue weighted by Crippen LogP contribution is -2.36. The third-order valence-electron chi connectivity index (χ3n) is 4.54. The standard InChI is InChI=1S/C19H18N4O9/c24-18(25)11-20-19(26)14-9-17(16(23(29)30)10-15(14)22(27)28)32-13-3-1-2-12(8-13)21-4-6-31-7-5-21/h1-3,8-10H,4-7,11H2,(H,20,26)(H,24,25). The van der Waals surface area contributed by atoms with Gasteiger partial charge < -0.3 is 24.8 Å². The molecule has 0 aliphatic carbocycles. The molecule has 1 aliphatic rings. The summed E-state index contributed by atoms with van der Waals surface area (Å²) < 4.78 is 10.9. The van der Waals surface area contributed by atoms with Gasteiger partial charge in [0, 0.05) is 30.9 Å². The highest BCUT2D eigenvalue weighted by atomic mass is 16.6. The Bertz CT molecular complexity index is 1070. The predicted octanol–water partition coefficient (Wildman–Crippen LogP) is 1.95. The molecule has 0 bridgehead atoms. The van der Waals surface area contributed by atoms with Gasteiger partial charge >= 0.3 is 11.7 Å². The number of amides is 1. The highest BCUT2D eigenvalue weighted by Crippen LogP contribution is 2.38. The van der Waals surface area contributed by atoms with Crippen molar-refractivity contribution in [3.63, 3.8) is 0 Å². The molecule has 0 atom stereocenters. The number of morpholine rings is 1. The van der Waals surface area contributed by atoms with E-state index >= 15 is 0 Å². The number of hydrogen-bond donors (Lipinski definition) is 2.